The number of nitrogens with zero attached hydrogens (tertiary/aromatic N) is 4. The van der Waals surface area contributed by atoms with Crippen molar-refractivity contribution < 1.29 is 9.53 Å². The topological polar surface area (TPSA) is 92.8 Å². The monoisotopic (exact) mass is 407 g/mol. The number of hydrogen-bond acceptors (Lipinski definition) is 6. The Balaban J connectivity index is 1.30. The molecule has 1 saturated carbocycles. The second-order valence-electron chi connectivity index (χ2n) is 7.06. The number of carbonyl (C=O) groups excluding carboxylic acids is 1. The van der Waals surface area contributed by atoms with Crippen LogP contribution >= 0.6 is 11.3 Å². The van der Waals surface area contributed by atoms with Gasteiger partial charge in [0.1, 0.15) is 17.1 Å². The van der Waals surface area contributed by atoms with Gasteiger partial charge < -0.3 is 14.6 Å². The molecule has 1 amide bonds. The molecule has 0 saturated heterocycles. The highest BCUT2D eigenvalue weighted by Crippen LogP contribution is 2.25. The van der Waals surface area contributed by atoms with Crippen molar-refractivity contribution in [2.75, 3.05) is 0 Å². The Bertz CT molecular complexity index is 1010. The number of nitriles is 1. The number of amides is 1. The largest absolute Gasteiger partial charge is 0.474 e. The summed E-state index contributed by atoms with van der Waals surface area (Å²) in [5.41, 5.74) is 1.27. The molecule has 7 nitrogen and oxygen atoms in total. The van der Waals surface area contributed by atoms with Crippen molar-refractivity contribution >= 4 is 17.2 Å². The molecule has 3 aromatic heterocycles. The number of aryl methyl sites for hydroxylation is 1. The highest BCUT2D eigenvalue weighted by molar-refractivity contribution is 7.16. The van der Waals surface area contributed by atoms with E-state index in [1.807, 2.05) is 42.1 Å². The minimum absolute atomic E-state index is 0.0588. The summed E-state index contributed by atoms with van der Waals surface area (Å²) in [6.45, 7) is 1.87. The number of carbonyl (C=O) groups is 1. The number of nitrogens with one attached hydrogen (secondary N) is 1. The molecule has 8 heteroatoms. The molecular formula is C21H21N5O2S. The normalized spacial score (nSPS) is 18.8. The lowest BCUT2D eigenvalue weighted by Gasteiger charge is -2.29. The third-order valence-corrected chi connectivity index (χ3v) is 6.15. The van der Waals surface area contributed by atoms with Gasteiger partial charge in [0.25, 0.3) is 5.91 Å². The molecule has 3 aromatic rings. The predicted molar refractivity (Wildman–Crippen MR) is 109 cm³/mol. The van der Waals surface area contributed by atoms with Crippen LogP contribution in [0.1, 0.15) is 46.6 Å². The van der Waals surface area contributed by atoms with Crippen LogP contribution in [0.25, 0.3) is 5.13 Å². The first-order chi connectivity index (χ1) is 14.1. The molecule has 0 unspecified atom stereocenters. The van der Waals surface area contributed by atoms with Crippen molar-refractivity contribution in [3.8, 4) is 17.1 Å². The van der Waals surface area contributed by atoms with Crippen molar-refractivity contribution in [1.82, 2.24) is 19.9 Å². The summed E-state index contributed by atoms with van der Waals surface area (Å²) >= 11 is 1.40. The molecule has 0 aliphatic heterocycles. The first-order valence-corrected chi connectivity index (χ1v) is 10.4. The highest BCUT2D eigenvalue weighted by Gasteiger charge is 2.25. The molecule has 0 bridgehead atoms. The zero-order valence-electron chi connectivity index (χ0n) is 16.0. The van der Waals surface area contributed by atoms with E-state index in [-0.39, 0.29) is 18.1 Å². The van der Waals surface area contributed by atoms with Gasteiger partial charge in [-0.3, -0.25) is 4.79 Å². The molecule has 1 fully saturated rings. The van der Waals surface area contributed by atoms with Crippen LogP contribution in [0.3, 0.4) is 0 Å². The van der Waals surface area contributed by atoms with E-state index in [4.69, 9.17) is 10.00 Å². The van der Waals surface area contributed by atoms with Crippen LogP contribution in [0.15, 0.2) is 42.9 Å². The molecule has 1 aliphatic rings. The van der Waals surface area contributed by atoms with Gasteiger partial charge in [-0.1, -0.05) is 11.3 Å². The maximum absolute atomic E-state index is 12.7. The molecule has 0 atom stereocenters. The molecule has 1 N–H and O–H groups in total. The van der Waals surface area contributed by atoms with E-state index in [1.54, 1.807) is 12.1 Å². The van der Waals surface area contributed by atoms with Gasteiger partial charge in [0.05, 0.1) is 11.3 Å². The van der Waals surface area contributed by atoms with Gasteiger partial charge in [-0.05, 0) is 50.8 Å². The van der Waals surface area contributed by atoms with E-state index in [0.29, 0.717) is 16.3 Å². The molecule has 4 rings (SSSR count). The van der Waals surface area contributed by atoms with Crippen LogP contribution in [0.2, 0.25) is 0 Å². The summed E-state index contributed by atoms with van der Waals surface area (Å²) in [4.78, 5) is 22.1. The molecule has 148 valence electrons. The summed E-state index contributed by atoms with van der Waals surface area (Å²) in [6, 6.07) is 9.47. The van der Waals surface area contributed by atoms with Crippen LogP contribution in [0.5, 0.6) is 5.88 Å². The Labute approximate surface area is 173 Å². The Morgan fingerprint density at radius 3 is 2.69 bits per heavy atom. The first kappa shape index (κ1) is 19.2. The first-order valence-electron chi connectivity index (χ1n) is 9.57. The minimum Gasteiger partial charge on any atom is -0.474 e. The molecule has 0 aromatic carbocycles. The van der Waals surface area contributed by atoms with E-state index < -0.39 is 0 Å². The quantitative estimate of drug-likeness (QED) is 0.697. The summed E-state index contributed by atoms with van der Waals surface area (Å²) < 4.78 is 7.82. The lowest BCUT2D eigenvalue weighted by Crippen LogP contribution is -2.39. The van der Waals surface area contributed by atoms with E-state index in [9.17, 15) is 4.79 Å². The summed E-state index contributed by atoms with van der Waals surface area (Å²) in [6.07, 6.45) is 8.85. The van der Waals surface area contributed by atoms with E-state index in [0.717, 1.165) is 36.5 Å². The predicted octanol–water partition coefficient (Wildman–Crippen LogP) is 3.63. The van der Waals surface area contributed by atoms with Crippen LogP contribution in [0, 0.1) is 18.3 Å². The Hall–Kier alpha value is -3.18. The fourth-order valence-electron chi connectivity index (χ4n) is 3.43. The van der Waals surface area contributed by atoms with Crippen LogP contribution < -0.4 is 10.1 Å². The minimum atomic E-state index is -0.0588. The Morgan fingerprint density at radius 1 is 1.28 bits per heavy atom. The number of hydrogen-bond donors (Lipinski definition) is 1. The van der Waals surface area contributed by atoms with Crippen molar-refractivity contribution in [2.45, 2.75) is 44.8 Å². The van der Waals surface area contributed by atoms with Gasteiger partial charge >= 0.3 is 0 Å². The lowest BCUT2D eigenvalue weighted by atomic mass is 9.93. The number of pyridine rings is 1. The molecule has 29 heavy (non-hydrogen) atoms. The van der Waals surface area contributed by atoms with Crippen molar-refractivity contribution in [3.63, 3.8) is 0 Å². The van der Waals surface area contributed by atoms with Crippen molar-refractivity contribution in [1.29, 1.82) is 5.26 Å². The Kier molecular flexibility index (Phi) is 5.58. The molecule has 0 radical (unpaired) electrons. The Morgan fingerprint density at radius 2 is 2.03 bits per heavy atom. The summed E-state index contributed by atoms with van der Waals surface area (Å²) in [7, 11) is 0. The number of thiazole rings is 1. The van der Waals surface area contributed by atoms with Crippen LogP contribution in [0.4, 0.5) is 0 Å². The number of ether oxygens (including phenoxy) is 1. The van der Waals surface area contributed by atoms with Crippen LogP contribution in [-0.2, 0) is 0 Å². The second kappa shape index (κ2) is 8.45. The van der Waals surface area contributed by atoms with E-state index in [2.05, 4.69) is 15.3 Å². The van der Waals surface area contributed by atoms with Crippen molar-refractivity contribution in [2.24, 2.45) is 0 Å². The third-order valence-electron chi connectivity index (χ3n) is 4.98. The van der Waals surface area contributed by atoms with Crippen molar-refractivity contribution in [3.05, 3.63) is 59.0 Å². The van der Waals surface area contributed by atoms with Gasteiger partial charge in [-0.2, -0.15) is 5.26 Å². The smallest absolute Gasteiger partial charge is 0.263 e. The average molecular weight is 407 g/mol. The van der Waals surface area contributed by atoms with Gasteiger partial charge in [0.15, 0.2) is 5.13 Å². The second-order valence-corrected chi connectivity index (χ2v) is 8.04. The zero-order chi connectivity index (χ0) is 20.2. The fraction of sp³-hybridized carbons (Fsp3) is 0.333. The van der Waals surface area contributed by atoms with Gasteiger partial charge in [-0.25, -0.2) is 9.97 Å². The molecule has 3 heterocycles. The number of aromatic nitrogens is 3. The SMILES string of the molecule is Cc1nc(-n2cccc2)sc1C(=O)NC1CCC(Oc2ccc(C#N)cn2)CC1. The standard InChI is InChI=1S/C21H21N5O2S/c1-14-19(29-21(24-14)26-10-2-3-11-26)20(27)25-16-5-7-17(8-6-16)28-18-9-4-15(12-22)13-23-18/h2-4,9-11,13,16-17H,5-8H2,1H3,(H,25,27). The lowest BCUT2D eigenvalue weighted by molar-refractivity contribution is 0.0893. The van der Waals surface area contributed by atoms with Gasteiger partial charge in [0, 0.05) is 30.7 Å². The maximum atomic E-state index is 12.7. The molecular weight excluding hydrogens is 386 g/mol. The maximum Gasteiger partial charge on any atom is 0.263 e. The highest BCUT2D eigenvalue weighted by atomic mass is 32.1. The third kappa shape index (κ3) is 4.46. The molecule has 1 aliphatic carbocycles. The average Bonchev–Trinajstić information content (AvgIpc) is 3.40. The van der Waals surface area contributed by atoms with E-state index in [1.165, 1.54) is 17.5 Å². The molecule has 0 spiro atoms. The van der Waals surface area contributed by atoms with E-state index >= 15 is 0 Å². The summed E-state index contributed by atoms with van der Waals surface area (Å²) in [5.74, 6) is 0.478. The zero-order valence-corrected chi connectivity index (χ0v) is 16.9. The summed E-state index contributed by atoms with van der Waals surface area (Å²) in [5, 5.41) is 12.8. The van der Waals surface area contributed by atoms with Gasteiger partial charge in [-0.15, -0.1) is 0 Å². The van der Waals surface area contributed by atoms with Crippen LogP contribution in [-0.4, -0.2) is 32.6 Å². The number of rotatable bonds is 5. The van der Waals surface area contributed by atoms with Gasteiger partial charge in [0.2, 0.25) is 5.88 Å². The fourth-order valence-corrected chi connectivity index (χ4v) is 4.37.